The third-order valence-corrected chi connectivity index (χ3v) is 5.15. The molecule has 23 heavy (non-hydrogen) atoms. The summed E-state index contributed by atoms with van der Waals surface area (Å²) in [5, 5.41) is 6.11. The first-order valence-electron chi connectivity index (χ1n) is 7.70. The van der Waals surface area contributed by atoms with Gasteiger partial charge in [0.05, 0.1) is 17.5 Å². The molecule has 0 saturated carbocycles. The van der Waals surface area contributed by atoms with Crippen LogP contribution >= 0.6 is 11.8 Å². The fraction of sp³-hybridized carbons (Fsp3) is 0.533. The molecule has 7 nitrogen and oxygen atoms in total. The zero-order valence-corrected chi connectivity index (χ0v) is 13.5. The molecular weight excluding hydrogens is 316 g/mol. The number of rotatable bonds is 4. The predicted molar refractivity (Wildman–Crippen MR) is 88.3 cm³/mol. The molecule has 2 atom stereocenters. The van der Waals surface area contributed by atoms with Crippen LogP contribution in [0.4, 0.5) is 0 Å². The molecule has 0 bridgehead atoms. The van der Waals surface area contributed by atoms with Gasteiger partial charge in [0.15, 0.2) is 0 Å². The molecule has 2 saturated heterocycles. The van der Waals surface area contributed by atoms with Crippen LogP contribution in [-0.2, 0) is 4.79 Å². The van der Waals surface area contributed by atoms with E-state index in [1.165, 1.54) is 18.3 Å². The van der Waals surface area contributed by atoms with Crippen molar-refractivity contribution in [3.63, 3.8) is 0 Å². The van der Waals surface area contributed by atoms with Gasteiger partial charge >= 0.3 is 0 Å². The van der Waals surface area contributed by atoms with E-state index in [0.29, 0.717) is 12.1 Å². The van der Waals surface area contributed by atoms with E-state index in [1.54, 1.807) is 11.8 Å². The molecule has 124 valence electrons. The maximum absolute atomic E-state index is 12.3. The van der Waals surface area contributed by atoms with E-state index in [4.69, 9.17) is 0 Å². The highest BCUT2D eigenvalue weighted by Crippen LogP contribution is 2.19. The maximum atomic E-state index is 12.3. The molecule has 2 fully saturated rings. The lowest BCUT2D eigenvalue weighted by atomic mass is 10.0. The standard InChI is InChI=1S/C15H20N4O3S/c20-13-2-1-11(8-17-13)14(21)18-7-10-5-12(16-6-10)15(22)19-3-4-23-9-19/h1-2,8,10,12,16H,3-7,9H2,(H,17,20)(H,18,21)/t10-,12-/m0/s1. The number of carbonyl (C=O) groups is 2. The van der Waals surface area contributed by atoms with Crippen molar-refractivity contribution in [3.8, 4) is 0 Å². The first-order chi connectivity index (χ1) is 11.1. The number of nitrogens with one attached hydrogen (secondary N) is 3. The summed E-state index contributed by atoms with van der Waals surface area (Å²) in [6, 6.07) is 2.69. The van der Waals surface area contributed by atoms with Gasteiger partial charge in [-0.3, -0.25) is 14.4 Å². The minimum atomic E-state index is -0.233. The van der Waals surface area contributed by atoms with E-state index >= 15 is 0 Å². The Morgan fingerprint density at radius 2 is 2.26 bits per heavy atom. The van der Waals surface area contributed by atoms with E-state index in [9.17, 15) is 14.4 Å². The predicted octanol–water partition coefficient (Wildman–Crippen LogP) is -0.384. The van der Waals surface area contributed by atoms with Crippen molar-refractivity contribution in [3.05, 3.63) is 34.2 Å². The average molecular weight is 336 g/mol. The molecule has 1 aromatic heterocycles. The zero-order chi connectivity index (χ0) is 16.2. The molecule has 0 radical (unpaired) electrons. The molecule has 2 aliphatic heterocycles. The van der Waals surface area contributed by atoms with E-state index in [2.05, 4.69) is 15.6 Å². The van der Waals surface area contributed by atoms with Crippen LogP contribution in [0.5, 0.6) is 0 Å². The second-order valence-corrected chi connectivity index (χ2v) is 6.93. The number of hydrogen-bond acceptors (Lipinski definition) is 5. The van der Waals surface area contributed by atoms with Crippen molar-refractivity contribution in [2.24, 2.45) is 5.92 Å². The van der Waals surface area contributed by atoms with Crippen LogP contribution < -0.4 is 16.2 Å². The Bertz CT molecular complexity index is 621. The minimum Gasteiger partial charge on any atom is -0.352 e. The molecule has 2 aliphatic rings. The average Bonchev–Trinajstić information content (AvgIpc) is 3.24. The number of nitrogens with zero attached hydrogens (tertiary/aromatic N) is 1. The topological polar surface area (TPSA) is 94.3 Å². The van der Waals surface area contributed by atoms with Gasteiger partial charge in [-0.05, 0) is 18.4 Å². The summed E-state index contributed by atoms with van der Waals surface area (Å²) in [7, 11) is 0. The molecule has 3 N–H and O–H groups in total. The number of thioether (sulfide) groups is 1. The van der Waals surface area contributed by atoms with Crippen LogP contribution in [0.2, 0.25) is 0 Å². The Morgan fingerprint density at radius 1 is 1.39 bits per heavy atom. The van der Waals surface area contributed by atoms with E-state index < -0.39 is 0 Å². The van der Waals surface area contributed by atoms with Crippen LogP contribution in [0.1, 0.15) is 16.8 Å². The molecule has 0 spiro atoms. The molecular formula is C15H20N4O3S. The first kappa shape index (κ1) is 16.1. The van der Waals surface area contributed by atoms with Gasteiger partial charge in [0.25, 0.3) is 5.91 Å². The Kier molecular flexibility index (Phi) is 5.02. The zero-order valence-electron chi connectivity index (χ0n) is 12.7. The Labute approximate surface area is 138 Å². The van der Waals surface area contributed by atoms with Gasteiger partial charge in [0.1, 0.15) is 0 Å². The third kappa shape index (κ3) is 3.94. The second kappa shape index (κ2) is 7.18. The van der Waals surface area contributed by atoms with Crippen molar-refractivity contribution in [2.45, 2.75) is 12.5 Å². The minimum absolute atomic E-state index is 0.135. The number of aromatic nitrogens is 1. The number of carbonyl (C=O) groups excluding carboxylic acids is 2. The SMILES string of the molecule is O=C(NC[C@@H]1CN[C@H](C(=O)N2CCSC2)C1)c1ccc(=O)[nH]c1. The number of H-pyrrole nitrogens is 1. The van der Waals surface area contributed by atoms with E-state index in [1.807, 2.05) is 4.90 Å². The summed E-state index contributed by atoms with van der Waals surface area (Å²) in [5.41, 5.74) is 0.195. The number of amides is 2. The molecule has 3 heterocycles. The van der Waals surface area contributed by atoms with Crippen LogP contribution in [0, 0.1) is 5.92 Å². The molecule has 1 aromatic rings. The Hall–Kier alpha value is -1.80. The number of pyridine rings is 1. The molecule has 0 unspecified atom stereocenters. The summed E-state index contributed by atoms with van der Waals surface area (Å²) in [6.45, 7) is 2.07. The van der Waals surface area contributed by atoms with Crippen LogP contribution in [0.3, 0.4) is 0 Å². The smallest absolute Gasteiger partial charge is 0.252 e. The van der Waals surface area contributed by atoms with Crippen LogP contribution in [0.15, 0.2) is 23.1 Å². The van der Waals surface area contributed by atoms with Gasteiger partial charge in [0, 0.05) is 37.7 Å². The largest absolute Gasteiger partial charge is 0.352 e. The summed E-state index contributed by atoms with van der Waals surface area (Å²) in [5.74, 6) is 1.99. The van der Waals surface area contributed by atoms with Gasteiger partial charge in [-0.15, -0.1) is 11.8 Å². The van der Waals surface area contributed by atoms with Gasteiger partial charge in [-0.2, -0.15) is 0 Å². The molecule has 2 amide bonds. The lowest BCUT2D eigenvalue weighted by molar-refractivity contribution is -0.131. The monoisotopic (exact) mass is 336 g/mol. The quantitative estimate of drug-likeness (QED) is 0.697. The van der Waals surface area contributed by atoms with E-state index in [-0.39, 0.29) is 29.3 Å². The normalized spacial score (nSPS) is 23.9. The first-order valence-corrected chi connectivity index (χ1v) is 8.86. The van der Waals surface area contributed by atoms with Crippen LogP contribution in [0.25, 0.3) is 0 Å². The summed E-state index contributed by atoms with van der Waals surface area (Å²) < 4.78 is 0. The van der Waals surface area contributed by atoms with Crippen molar-refractivity contribution >= 4 is 23.6 Å². The van der Waals surface area contributed by atoms with Gasteiger partial charge in [-0.1, -0.05) is 0 Å². The second-order valence-electron chi connectivity index (χ2n) is 5.85. The number of aromatic amines is 1. The molecule has 8 heteroatoms. The maximum Gasteiger partial charge on any atom is 0.252 e. The molecule has 0 aliphatic carbocycles. The van der Waals surface area contributed by atoms with Gasteiger partial charge < -0.3 is 20.5 Å². The lowest BCUT2D eigenvalue weighted by Crippen LogP contribution is -2.42. The lowest BCUT2D eigenvalue weighted by Gasteiger charge is -2.19. The fourth-order valence-electron chi connectivity index (χ4n) is 2.85. The highest BCUT2D eigenvalue weighted by Gasteiger charge is 2.33. The highest BCUT2D eigenvalue weighted by molar-refractivity contribution is 7.99. The van der Waals surface area contributed by atoms with E-state index in [0.717, 1.165) is 31.1 Å². The van der Waals surface area contributed by atoms with Gasteiger partial charge in [0.2, 0.25) is 11.5 Å². The summed E-state index contributed by atoms with van der Waals surface area (Å²) in [6.07, 6.45) is 2.15. The highest BCUT2D eigenvalue weighted by atomic mass is 32.2. The van der Waals surface area contributed by atoms with Crippen molar-refractivity contribution in [1.29, 1.82) is 0 Å². The van der Waals surface area contributed by atoms with Crippen molar-refractivity contribution < 1.29 is 9.59 Å². The molecule has 0 aromatic carbocycles. The fourth-order valence-corrected chi connectivity index (χ4v) is 3.81. The Morgan fingerprint density at radius 3 is 2.96 bits per heavy atom. The summed E-state index contributed by atoms with van der Waals surface area (Å²) in [4.78, 5) is 39.7. The van der Waals surface area contributed by atoms with Crippen LogP contribution in [-0.4, -0.2) is 59.0 Å². The molecule has 3 rings (SSSR count). The number of hydrogen-bond donors (Lipinski definition) is 3. The van der Waals surface area contributed by atoms with Gasteiger partial charge in [-0.25, -0.2) is 0 Å². The third-order valence-electron chi connectivity index (χ3n) is 4.18. The Balaban J connectivity index is 1.46. The van der Waals surface area contributed by atoms with Crippen molar-refractivity contribution in [1.82, 2.24) is 20.5 Å². The summed E-state index contributed by atoms with van der Waals surface area (Å²) >= 11 is 1.78. The van der Waals surface area contributed by atoms with Crippen molar-refractivity contribution in [2.75, 3.05) is 31.3 Å².